The van der Waals surface area contributed by atoms with E-state index in [2.05, 4.69) is 43.5 Å². The van der Waals surface area contributed by atoms with Gasteiger partial charge in [0.2, 0.25) is 5.91 Å². The van der Waals surface area contributed by atoms with Gasteiger partial charge in [-0.25, -0.2) is 0 Å². The van der Waals surface area contributed by atoms with Crippen LogP contribution in [0.1, 0.15) is 284 Å². The maximum atomic E-state index is 12.5. The van der Waals surface area contributed by atoms with Crippen molar-refractivity contribution in [2.75, 3.05) is 6.61 Å². The Morgan fingerprint density at radius 2 is 0.690 bits per heavy atom. The third kappa shape index (κ3) is 42.9. The third-order valence-corrected chi connectivity index (χ3v) is 12.3. The van der Waals surface area contributed by atoms with Gasteiger partial charge < -0.3 is 20.6 Å². The second-order valence-electron chi connectivity index (χ2n) is 18.1. The summed E-state index contributed by atoms with van der Waals surface area (Å²) in [6.45, 7) is 4.20. The fraction of sp³-hybridized carbons (Fsp3) is 0.906. The van der Waals surface area contributed by atoms with Crippen LogP contribution in [0.15, 0.2) is 24.3 Å². The minimum Gasteiger partial charge on any atom is -0.394 e. The maximum absolute atomic E-state index is 12.5. The van der Waals surface area contributed by atoms with Crippen LogP contribution in [-0.4, -0.2) is 46.1 Å². The molecule has 0 aliphatic carbocycles. The number of carbonyl (C=O) groups excluding carboxylic acids is 1. The summed E-state index contributed by atoms with van der Waals surface area (Å²) in [4.78, 5) is 12.5. The van der Waals surface area contributed by atoms with E-state index >= 15 is 0 Å². The third-order valence-electron chi connectivity index (χ3n) is 12.3. The zero-order valence-corrected chi connectivity index (χ0v) is 39.2. The molecule has 4 N–H and O–H groups in total. The van der Waals surface area contributed by atoms with Crippen molar-refractivity contribution < 1.29 is 20.1 Å². The molecule has 0 heterocycles. The van der Waals surface area contributed by atoms with Crippen LogP contribution in [0.2, 0.25) is 0 Å². The van der Waals surface area contributed by atoms with E-state index in [1.807, 2.05) is 0 Å². The Kier molecular flexibility index (Phi) is 47.5. The highest BCUT2D eigenvalue weighted by Crippen LogP contribution is 2.16. The van der Waals surface area contributed by atoms with Crippen molar-refractivity contribution in [2.24, 2.45) is 0 Å². The maximum Gasteiger partial charge on any atom is 0.220 e. The molecule has 0 bridgehead atoms. The summed E-state index contributed by atoms with van der Waals surface area (Å²) in [6.07, 6.45) is 60.3. The first-order valence-corrected chi connectivity index (χ1v) is 26.1. The Balaban J connectivity index is 3.59. The molecule has 0 aromatic carbocycles. The van der Waals surface area contributed by atoms with E-state index in [0.717, 1.165) is 38.5 Å². The van der Waals surface area contributed by atoms with Crippen LogP contribution in [0, 0.1) is 0 Å². The molecular weight excluding hydrogens is 715 g/mol. The average molecular weight is 818 g/mol. The summed E-state index contributed by atoms with van der Waals surface area (Å²) in [5.74, 6) is -0.153. The van der Waals surface area contributed by atoms with Crippen LogP contribution in [0.25, 0.3) is 0 Å². The number of hydrogen-bond donors (Lipinski definition) is 4. The molecule has 5 nitrogen and oxygen atoms in total. The van der Waals surface area contributed by atoms with Gasteiger partial charge in [-0.3, -0.25) is 4.79 Å². The van der Waals surface area contributed by atoms with Crippen molar-refractivity contribution in [2.45, 2.75) is 302 Å². The summed E-state index contributed by atoms with van der Waals surface area (Å²) in [6, 6.07) is -0.826. The average Bonchev–Trinajstić information content (AvgIpc) is 3.23. The predicted octanol–water partition coefficient (Wildman–Crippen LogP) is 15.7. The molecule has 0 fully saturated rings. The largest absolute Gasteiger partial charge is 0.394 e. The van der Waals surface area contributed by atoms with Gasteiger partial charge in [-0.1, -0.05) is 237 Å². The van der Waals surface area contributed by atoms with Crippen LogP contribution < -0.4 is 5.32 Å². The second-order valence-corrected chi connectivity index (χ2v) is 18.1. The van der Waals surface area contributed by atoms with Crippen LogP contribution in [-0.2, 0) is 4.79 Å². The summed E-state index contributed by atoms with van der Waals surface area (Å²) < 4.78 is 0. The van der Waals surface area contributed by atoms with E-state index in [0.29, 0.717) is 12.8 Å². The fourth-order valence-electron chi connectivity index (χ4n) is 8.22. The Bertz CT molecular complexity index is 859. The molecule has 0 saturated heterocycles. The van der Waals surface area contributed by atoms with E-state index < -0.39 is 18.2 Å². The first-order chi connectivity index (χ1) is 28.6. The fourth-order valence-corrected chi connectivity index (χ4v) is 8.22. The van der Waals surface area contributed by atoms with Crippen molar-refractivity contribution in [3.05, 3.63) is 24.3 Å². The van der Waals surface area contributed by atoms with E-state index in [4.69, 9.17) is 0 Å². The molecular formula is C53H103NO4. The molecule has 1 amide bonds. The van der Waals surface area contributed by atoms with Crippen molar-refractivity contribution in [3.63, 3.8) is 0 Å². The minimum absolute atomic E-state index is 0.153. The molecule has 0 aliphatic heterocycles. The zero-order valence-electron chi connectivity index (χ0n) is 39.2. The standard InChI is InChI=1S/C53H103NO4/c1-3-5-7-9-11-13-15-17-19-21-23-24-25-26-27-28-30-32-34-36-38-40-42-44-46-48-52(57)54-50(49-55)53(58)51(56)47-45-43-41-39-37-35-33-31-29-22-20-18-16-14-12-10-8-6-4-2/h26-27,39,41,50-51,53,55-56,58H,3-25,28-38,40,42-49H2,1-2H3,(H,54,57)/b27-26-,41-39+. The number of aliphatic hydroxyl groups is 3. The highest BCUT2D eigenvalue weighted by molar-refractivity contribution is 5.76. The molecule has 0 spiro atoms. The van der Waals surface area contributed by atoms with Gasteiger partial charge in [0, 0.05) is 6.42 Å². The van der Waals surface area contributed by atoms with Crippen molar-refractivity contribution >= 4 is 5.91 Å². The lowest BCUT2D eigenvalue weighted by molar-refractivity contribution is -0.124. The minimum atomic E-state index is -1.16. The molecule has 0 radical (unpaired) electrons. The molecule has 344 valence electrons. The predicted molar refractivity (Wildman–Crippen MR) is 255 cm³/mol. The molecule has 5 heteroatoms. The number of allylic oxidation sites excluding steroid dienone is 4. The number of nitrogens with one attached hydrogen (secondary N) is 1. The van der Waals surface area contributed by atoms with E-state index in [1.54, 1.807) is 0 Å². The Morgan fingerprint density at radius 1 is 0.414 bits per heavy atom. The summed E-state index contributed by atoms with van der Waals surface area (Å²) in [5.41, 5.74) is 0. The van der Waals surface area contributed by atoms with Gasteiger partial charge >= 0.3 is 0 Å². The zero-order chi connectivity index (χ0) is 42.3. The second kappa shape index (κ2) is 48.5. The highest BCUT2D eigenvalue weighted by atomic mass is 16.3. The molecule has 0 aromatic heterocycles. The quantitative estimate of drug-likeness (QED) is 0.0364. The van der Waals surface area contributed by atoms with Gasteiger partial charge in [0.25, 0.3) is 0 Å². The SMILES string of the molecule is CCCCCCCCCCCCCC/C=C\CCCCCCCCCCCC(=O)NC(CO)C(O)C(O)CCC/C=C/CCCCCCCCCCCCCCCC. The molecule has 3 atom stereocenters. The van der Waals surface area contributed by atoms with Crippen LogP contribution >= 0.6 is 0 Å². The van der Waals surface area contributed by atoms with Gasteiger partial charge in [0.1, 0.15) is 6.10 Å². The lowest BCUT2D eigenvalue weighted by Gasteiger charge is -2.26. The van der Waals surface area contributed by atoms with Crippen LogP contribution in [0.3, 0.4) is 0 Å². The molecule has 58 heavy (non-hydrogen) atoms. The van der Waals surface area contributed by atoms with Crippen molar-refractivity contribution in [3.8, 4) is 0 Å². The first kappa shape index (κ1) is 56.8. The number of rotatable bonds is 48. The normalized spacial score (nSPS) is 13.5. The smallest absolute Gasteiger partial charge is 0.220 e. The van der Waals surface area contributed by atoms with Crippen LogP contribution in [0.4, 0.5) is 0 Å². The first-order valence-electron chi connectivity index (χ1n) is 26.1. The Labute approximate surface area is 362 Å². The number of aliphatic hydroxyl groups excluding tert-OH is 3. The number of carbonyl (C=O) groups is 1. The molecule has 0 aliphatic rings. The highest BCUT2D eigenvalue weighted by Gasteiger charge is 2.26. The van der Waals surface area contributed by atoms with E-state index in [-0.39, 0.29) is 12.5 Å². The van der Waals surface area contributed by atoms with E-state index in [1.165, 1.54) is 218 Å². The lowest BCUT2D eigenvalue weighted by atomic mass is 10.0. The van der Waals surface area contributed by atoms with Crippen molar-refractivity contribution in [1.82, 2.24) is 5.32 Å². The van der Waals surface area contributed by atoms with Crippen molar-refractivity contribution in [1.29, 1.82) is 0 Å². The molecule has 3 unspecified atom stereocenters. The van der Waals surface area contributed by atoms with Gasteiger partial charge in [0.15, 0.2) is 0 Å². The summed E-state index contributed by atoms with van der Waals surface area (Å²) >= 11 is 0. The van der Waals surface area contributed by atoms with Gasteiger partial charge in [-0.2, -0.15) is 0 Å². The summed E-state index contributed by atoms with van der Waals surface area (Å²) in [5, 5.41) is 33.7. The number of hydrogen-bond acceptors (Lipinski definition) is 4. The Hall–Kier alpha value is -1.17. The van der Waals surface area contributed by atoms with Gasteiger partial charge in [-0.05, 0) is 64.2 Å². The Morgan fingerprint density at radius 3 is 1.00 bits per heavy atom. The topological polar surface area (TPSA) is 89.8 Å². The van der Waals surface area contributed by atoms with Gasteiger partial charge in [0.05, 0.1) is 18.8 Å². The molecule has 0 aromatic rings. The number of unbranched alkanes of at least 4 members (excludes halogenated alkanes) is 36. The lowest BCUT2D eigenvalue weighted by Crippen LogP contribution is -2.50. The van der Waals surface area contributed by atoms with Crippen LogP contribution in [0.5, 0.6) is 0 Å². The molecule has 0 rings (SSSR count). The van der Waals surface area contributed by atoms with Gasteiger partial charge in [-0.15, -0.1) is 0 Å². The van der Waals surface area contributed by atoms with E-state index in [9.17, 15) is 20.1 Å². The number of amides is 1. The monoisotopic (exact) mass is 818 g/mol. The molecule has 0 saturated carbocycles. The summed E-state index contributed by atoms with van der Waals surface area (Å²) in [7, 11) is 0.